The Bertz CT molecular complexity index is 1310. The number of hydrogen-bond donors (Lipinski definition) is 3. The van der Waals surface area contributed by atoms with Gasteiger partial charge >= 0.3 is 5.97 Å². The summed E-state index contributed by atoms with van der Waals surface area (Å²) in [6.45, 7) is 5.67. The van der Waals surface area contributed by atoms with Gasteiger partial charge in [0, 0.05) is 5.69 Å². The van der Waals surface area contributed by atoms with Crippen molar-refractivity contribution in [1.29, 1.82) is 0 Å². The first-order valence-corrected chi connectivity index (χ1v) is 12.4. The van der Waals surface area contributed by atoms with Gasteiger partial charge in [0.05, 0.1) is 23.9 Å². The van der Waals surface area contributed by atoms with Crippen LogP contribution in [0.5, 0.6) is 5.75 Å². The van der Waals surface area contributed by atoms with Crippen LogP contribution in [0.3, 0.4) is 0 Å². The predicted molar refractivity (Wildman–Crippen MR) is 148 cm³/mol. The largest absolute Gasteiger partial charge is 0.479 e. The van der Waals surface area contributed by atoms with E-state index in [0.29, 0.717) is 27.8 Å². The third kappa shape index (κ3) is 6.34. The fraction of sp³-hybridized carbons (Fsp3) is 0.207. The predicted octanol–water partition coefficient (Wildman–Crippen LogP) is 4.89. The molecule has 0 spiro atoms. The van der Waals surface area contributed by atoms with Crippen LogP contribution in [-0.4, -0.2) is 29.7 Å². The van der Waals surface area contributed by atoms with Crippen molar-refractivity contribution in [3.63, 3.8) is 0 Å². The van der Waals surface area contributed by atoms with Crippen LogP contribution in [0.2, 0.25) is 0 Å². The lowest BCUT2D eigenvalue weighted by atomic mass is 9.92. The monoisotopic (exact) mass is 515 g/mol. The second-order valence-corrected chi connectivity index (χ2v) is 9.00. The van der Waals surface area contributed by atoms with Crippen LogP contribution in [0.25, 0.3) is 5.70 Å². The van der Waals surface area contributed by atoms with Crippen molar-refractivity contribution in [3.05, 3.63) is 101 Å². The van der Waals surface area contributed by atoms with E-state index in [9.17, 15) is 9.59 Å². The molecule has 0 saturated heterocycles. The number of amides is 1. The minimum atomic E-state index is -0.740. The number of anilines is 1. The number of carbonyl (C=O) groups is 2. The maximum Gasteiger partial charge on any atom is 0.347 e. The SMILES string of the molecule is CCOC(=O)C(C)Oc1ccc(C2NC(=S)NC(c3ccccc3)=C2C(=O)Nc2ccc(C)cc2)cc1. The second kappa shape index (κ2) is 11.7. The summed E-state index contributed by atoms with van der Waals surface area (Å²) in [5.41, 5.74) is 4.57. The van der Waals surface area contributed by atoms with Crippen LogP contribution < -0.4 is 20.7 Å². The lowest BCUT2D eigenvalue weighted by Gasteiger charge is -2.32. The van der Waals surface area contributed by atoms with Gasteiger partial charge in [-0.25, -0.2) is 4.79 Å². The summed E-state index contributed by atoms with van der Waals surface area (Å²) >= 11 is 5.52. The number of benzene rings is 3. The lowest BCUT2D eigenvalue weighted by molar-refractivity contribution is -0.150. The third-order valence-corrected chi connectivity index (χ3v) is 6.05. The van der Waals surface area contributed by atoms with Gasteiger partial charge in [0.25, 0.3) is 5.91 Å². The van der Waals surface area contributed by atoms with Gasteiger partial charge in [0.1, 0.15) is 5.75 Å². The molecule has 0 saturated carbocycles. The quantitative estimate of drug-likeness (QED) is 0.291. The number of rotatable bonds is 8. The maximum atomic E-state index is 13.7. The van der Waals surface area contributed by atoms with Gasteiger partial charge in [-0.3, -0.25) is 4.79 Å². The summed E-state index contributed by atoms with van der Waals surface area (Å²) in [7, 11) is 0. The molecule has 1 aliphatic heterocycles. The van der Waals surface area contributed by atoms with Crippen molar-refractivity contribution in [2.45, 2.75) is 32.9 Å². The van der Waals surface area contributed by atoms with Crippen LogP contribution in [0, 0.1) is 6.92 Å². The third-order valence-electron chi connectivity index (χ3n) is 5.83. The van der Waals surface area contributed by atoms with Gasteiger partial charge in [-0.05, 0) is 68.4 Å². The Morgan fingerprint density at radius 3 is 2.32 bits per heavy atom. The molecule has 0 bridgehead atoms. The number of aryl methyl sites for hydroxylation is 1. The minimum absolute atomic E-state index is 0.258. The normalized spacial score (nSPS) is 15.8. The van der Waals surface area contributed by atoms with Crippen molar-refractivity contribution in [1.82, 2.24) is 10.6 Å². The highest BCUT2D eigenvalue weighted by atomic mass is 32.1. The molecule has 190 valence electrons. The molecule has 1 amide bonds. The molecule has 8 heteroatoms. The summed E-state index contributed by atoms with van der Waals surface area (Å²) in [5.74, 6) is -0.173. The zero-order valence-corrected chi connectivity index (χ0v) is 21.7. The van der Waals surface area contributed by atoms with Gasteiger partial charge in [-0.1, -0.05) is 60.2 Å². The standard InChI is InChI=1S/C29H29N3O4S/c1-4-35-28(34)19(3)36-23-16-12-21(13-17-23)26-24(27(33)30-22-14-10-18(2)11-15-22)25(31-29(37)32-26)20-8-6-5-7-9-20/h5-17,19,26H,4H2,1-3H3,(H,30,33)(H2,31,32,37). The van der Waals surface area contributed by atoms with Crippen LogP contribution in [0.15, 0.2) is 84.4 Å². The van der Waals surface area contributed by atoms with Crippen LogP contribution >= 0.6 is 12.2 Å². The molecule has 0 radical (unpaired) electrons. The number of hydrogen-bond acceptors (Lipinski definition) is 5. The fourth-order valence-electron chi connectivity index (χ4n) is 3.98. The smallest absolute Gasteiger partial charge is 0.347 e. The molecule has 2 unspecified atom stereocenters. The molecule has 0 aromatic heterocycles. The number of nitrogens with one attached hydrogen (secondary N) is 3. The van der Waals surface area contributed by atoms with E-state index in [1.54, 1.807) is 26.0 Å². The Balaban J connectivity index is 1.69. The van der Waals surface area contributed by atoms with E-state index in [-0.39, 0.29) is 12.5 Å². The molecule has 0 fully saturated rings. The van der Waals surface area contributed by atoms with Gasteiger partial charge in [-0.2, -0.15) is 0 Å². The van der Waals surface area contributed by atoms with E-state index in [1.165, 1.54) is 0 Å². The summed E-state index contributed by atoms with van der Waals surface area (Å²) in [4.78, 5) is 25.6. The highest BCUT2D eigenvalue weighted by molar-refractivity contribution is 7.80. The molecule has 0 aliphatic carbocycles. The Kier molecular flexibility index (Phi) is 8.20. The lowest BCUT2D eigenvalue weighted by Crippen LogP contribution is -2.45. The topological polar surface area (TPSA) is 88.7 Å². The van der Waals surface area contributed by atoms with Crippen LogP contribution in [0.4, 0.5) is 5.69 Å². The van der Waals surface area contributed by atoms with E-state index in [4.69, 9.17) is 21.7 Å². The molecule has 1 aliphatic rings. The number of ether oxygens (including phenoxy) is 2. The molecule has 3 N–H and O–H groups in total. The van der Waals surface area contributed by atoms with E-state index >= 15 is 0 Å². The first-order valence-electron chi connectivity index (χ1n) is 12.0. The highest BCUT2D eigenvalue weighted by Gasteiger charge is 2.32. The molecule has 37 heavy (non-hydrogen) atoms. The van der Waals surface area contributed by atoms with Crippen molar-refractivity contribution >= 4 is 40.6 Å². The molecule has 1 heterocycles. The number of carbonyl (C=O) groups excluding carboxylic acids is 2. The van der Waals surface area contributed by atoms with Crippen LogP contribution in [-0.2, 0) is 14.3 Å². The van der Waals surface area contributed by atoms with Crippen molar-refractivity contribution < 1.29 is 19.1 Å². The highest BCUT2D eigenvalue weighted by Crippen LogP contribution is 2.33. The average Bonchev–Trinajstić information content (AvgIpc) is 2.90. The van der Waals surface area contributed by atoms with Crippen molar-refractivity contribution in [2.75, 3.05) is 11.9 Å². The number of esters is 1. The number of thiocarbonyl (C=S) groups is 1. The first-order chi connectivity index (χ1) is 17.9. The molecule has 4 rings (SSSR count). The minimum Gasteiger partial charge on any atom is -0.479 e. The van der Waals surface area contributed by atoms with Gasteiger partial charge in [0.15, 0.2) is 11.2 Å². The Morgan fingerprint density at radius 2 is 1.68 bits per heavy atom. The Hall–Kier alpha value is -4.17. The van der Waals surface area contributed by atoms with E-state index < -0.39 is 18.1 Å². The van der Waals surface area contributed by atoms with E-state index in [2.05, 4.69) is 16.0 Å². The Labute approximate surface area is 221 Å². The van der Waals surface area contributed by atoms with Crippen LogP contribution in [0.1, 0.15) is 36.6 Å². The van der Waals surface area contributed by atoms with Gasteiger partial charge in [-0.15, -0.1) is 0 Å². The zero-order valence-electron chi connectivity index (χ0n) is 20.9. The summed E-state index contributed by atoms with van der Waals surface area (Å²) in [5, 5.41) is 9.85. The Morgan fingerprint density at radius 1 is 1.00 bits per heavy atom. The molecule has 3 aromatic carbocycles. The molecular weight excluding hydrogens is 486 g/mol. The van der Waals surface area contributed by atoms with Crippen molar-refractivity contribution in [3.8, 4) is 5.75 Å². The zero-order chi connectivity index (χ0) is 26.4. The van der Waals surface area contributed by atoms with Gasteiger partial charge < -0.3 is 25.4 Å². The second-order valence-electron chi connectivity index (χ2n) is 8.59. The molecule has 7 nitrogen and oxygen atoms in total. The van der Waals surface area contributed by atoms with E-state index in [0.717, 1.165) is 16.7 Å². The van der Waals surface area contributed by atoms with Crippen molar-refractivity contribution in [2.24, 2.45) is 0 Å². The van der Waals surface area contributed by atoms with E-state index in [1.807, 2.05) is 73.7 Å². The molecular formula is C29H29N3O4S. The summed E-state index contributed by atoms with van der Waals surface area (Å²) in [6, 6.07) is 23.9. The molecule has 3 aromatic rings. The summed E-state index contributed by atoms with van der Waals surface area (Å²) in [6.07, 6.45) is -0.740. The first kappa shape index (κ1) is 25.9. The maximum absolute atomic E-state index is 13.7. The average molecular weight is 516 g/mol. The molecule has 2 atom stereocenters. The van der Waals surface area contributed by atoms with Gasteiger partial charge in [0.2, 0.25) is 0 Å². The summed E-state index contributed by atoms with van der Waals surface area (Å²) < 4.78 is 10.7. The fourth-order valence-corrected chi connectivity index (χ4v) is 4.20.